The van der Waals surface area contributed by atoms with Gasteiger partial charge >= 0.3 is 0 Å². The molecule has 1 saturated heterocycles. The zero-order valence-electron chi connectivity index (χ0n) is 20.3. The smallest absolute Gasteiger partial charge is 0.0992 e. The van der Waals surface area contributed by atoms with Crippen LogP contribution in [0.2, 0.25) is 0 Å². The van der Waals surface area contributed by atoms with E-state index in [0.29, 0.717) is 40.9 Å². The predicted molar refractivity (Wildman–Crippen MR) is 121 cm³/mol. The number of fused-ring (bicyclic) bond motifs is 4. The minimum absolute atomic E-state index is 0.00927. The van der Waals surface area contributed by atoms with Crippen LogP contribution in [-0.4, -0.2) is 40.2 Å². The highest BCUT2D eigenvalue weighted by atomic mass is 16.5. The molecule has 6 aliphatic rings. The molecule has 6 fully saturated rings. The molecule has 13 atom stereocenters. The van der Waals surface area contributed by atoms with Gasteiger partial charge in [0.25, 0.3) is 0 Å². The molecule has 13 unspecified atom stereocenters. The molecule has 0 radical (unpaired) electrons. The normalized spacial score (nSPS) is 63.9. The fourth-order valence-corrected chi connectivity index (χ4v) is 11.1. The Morgan fingerprint density at radius 1 is 0.968 bits per heavy atom. The van der Waals surface area contributed by atoms with Crippen LogP contribution in [0.3, 0.4) is 0 Å². The van der Waals surface area contributed by atoms with E-state index in [0.717, 1.165) is 44.9 Å². The van der Waals surface area contributed by atoms with Crippen molar-refractivity contribution in [1.29, 1.82) is 0 Å². The van der Waals surface area contributed by atoms with E-state index in [2.05, 4.69) is 34.6 Å². The van der Waals surface area contributed by atoms with Crippen LogP contribution in [0.15, 0.2) is 0 Å². The van der Waals surface area contributed by atoms with Gasteiger partial charge in [-0.15, -0.1) is 0 Å². The van der Waals surface area contributed by atoms with E-state index in [-0.39, 0.29) is 29.1 Å². The lowest BCUT2D eigenvalue weighted by atomic mass is 9.46. The second-order valence-electron chi connectivity index (χ2n) is 13.6. The quantitative estimate of drug-likeness (QED) is 0.584. The predicted octanol–water partition coefficient (Wildman–Crippen LogP) is 4.12. The lowest BCUT2D eigenvalue weighted by Gasteiger charge is -2.60. The minimum atomic E-state index is -0.554. The van der Waals surface area contributed by atoms with Crippen molar-refractivity contribution in [3.63, 3.8) is 0 Å². The van der Waals surface area contributed by atoms with E-state index in [1.54, 1.807) is 0 Å². The number of ether oxygens (including phenoxy) is 1. The van der Waals surface area contributed by atoms with Crippen LogP contribution in [0, 0.1) is 51.8 Å². The lowest BCUT2D eigenvalue weighted by molar-refractivity contribution is -0.140. The molecule has 4 N–H and O–H groups in total. The highest BCUT2D eigenvalue weighted by Gasteiger charge is 2.83. The summed E-state index contributed by atoms with van der Waals surface area (Å²) in [5, 5.41) is 22.8. The van der Waals surface area contributed by atoms with Crippen molar-refractivity contribution in [2.24, 2.45) is 57.5 Å². The monoisotopic (exact) mass is 431 g/mol. The van der Waals surface area contributed by atoms with Crippen LogP contribution in [0.4, 0.5) is 0 Å². The molecule has 5 aliphatic carbocycles. The standard InChI is InChI=1S/C27H45NO3/c1-6-15-13-14(2)20-22(31-15)23(30)27(28)18-9-7-16-21-17(8-10-19(29)24(16,3)4)26(18,21)12-11-25(20,27)5/h14-23,29-30H,6-13,28H2,1-5H3. The SMILES string of the molecule is CCC1CC(C)C2C(O1)C(O)C1(N)C3CCC4C5C(CCC(O)C4(C)C)C53CCC21C. The Balaban J connectivity index is 1.41. The molecule has 0 aromatic rings. The van der Waals surface area contributed by atoms with Gasteiger partial charge in [-0.1, -0.05) is 34.6 Å². The second kappa shape index (κ2) is 6.29. The summed E-state index contributed by atoms with van der Waals surface area (Å²) in [6.07, 6.45) is 8.29. The number of aliphatic hydroxyl groups excluding tert-OH is 2. The molecule has 4 heteroatoms. The van der Waals surface area contributed by atoms with Crippen LogP contribution in [0.1, 0.15) is 86.0 Å². The average molecular weight is 432 g/mol. The number of hydrogen-bond donors (Lipinski definition) is 3. The van der Waals surface area contributed by atoms with Crippen molar-refractivity contribution in [3.8, 4) is 0 Å². The zero-order chi connectivity index (χ0) is 22.1. The molecule has 0 aromatic heterocycles. The van der Waals surface area contributed by atoms with Crippen molar-refractivity contribution >= 4 is 0 Å². The van der Waals surface area contributed by atoms with Gasteiger partial charge in [-0.05, 0) is 103 Å². The third kappa shape index (κ3) is 2.23. The van der Waals surface area contributed by atoms with Gasteiger partial charge in [0.2, 0.25) is 0 Å². The number of hydrogen-bond acceptors (Lipinski definition) is 4. The Morgan fingerprint density at radius 3 is 2.39 bits per heavy atom. The second-order valence-corrected chi connectivity index (χ2v) is 13.6. The highest BCUT2D eigenvalue weighted by Crippen LogP contribution is 2.83. The van der Waals surface area contributed by atoms with Crippen molar-refractivity contribution in [3.05, 3.63) is 0 Å². The van der Waals surface area contributed by atoms with Crippen molar-refractivity contribution < 1.29 is 14.9 Å². The Labute approximate surface area is 188 Å². The van der Waals surface area contributed by atoms with Crippen LogP contribution >= 0.6 is 0 Å². The average Bonchev–Trinajstić information content (AvgIpc) is 3.37. The van der Waals surface area contributed by atoms with Gasteiger partial charge in [0.15, 0.2) is 0 Å². The molecule has 176 valence electrons. The van der Waals surface area contributed by atoms with Gasteiger partial charge in [-0.3, -0.25) is 0 Å². The summed E-state index contributed by atoms with van der Waals surface area (Å²) in [5.41, 5.74) is 7.26. The molecule has 0 bridgehead atoms. The van der Waals surface area contributed by atoms with Gasteiger partial charge in [0.1, 0.15) is 0 Å². The van der Waals surface area contributed by atoms with Crippen molar-refractivity contribution in [2.75, 3.05) is 0 Å². The summed E-state index contributed by atoms with van der Waals surface area (Å²) in [5.74, 6) is 3.31. The Hall–Kier alpha value is -0.160. The molecule has 1 spiro atoms. The first-order valence-electron chi connectivity index (χ1n) is 13.4. The zero-order valence-corrected chi connectivity index (χ0v) is 20.3. The van der Waals surface area contributed by atoms with Crippen LogP contribution in [0.5, 0.6) is 0 Å². The molecule has 1 aliphatic heterocycles. The summed E-state index contributed by atoms with van der Waals surface area (Å²) in [6, 6.07) is 0. The maximum Gasteiger partial charge on any atom is 0.0992 e. The molecule has 6 rings (SSSR count). The highest BCUT2D eigenvalue weighted by molar-refractivity contribution is 5.33. The van der Waals surface area contributed by atoms with Gasteiger partial charge < -0.3 is 20.7 Å². The van der Waals surface area contributed by atoms with Gasteiger partial charge in [0, 0.05) is 0 Å². The summed E-state index contributed by atoms with van der Waals surface area (Å²) < 4.78 is 6.58. The Kier molecular flexibility index (Phi) is 4.33. The molecule has 1 heterocycles. The third-order valence-corrected chi connectivity index (χ3v) is 12.6. The molecular weight excluding hydrogens is 386 g/mol. The van der Waals surface area contributed by atoms with Gasteiger partial charge in [0.05, 0.1) is 30.0 Å². The number of nitrogens with two attached hydrogens (primary N) is 1. The molecule has 0 aromatic carbocycles. The maximum absolute atomic E-state index is 11.9. The fraction of sp³-hybridized carbons (Fsp3) is 1.00. The van der Waals surface area contributed by atoms with Crippen LogP contribution in [-0.2, 0) is 4.74 Å². The number of aliphatic hydroxyl groups is 2. The Bertz CT molecular complexity index is 770. The van der Waals surface area contributed by atoms with Gasteiger partial charge in [-0.25, -0.2) is 0 Å². The summed E-state index contributed by atoms with van der Waals surface area (Å²) in [4.78, 5) is 0. The fourth-order valence-electron chi connectivity index (χ4n) is 11.1. The summed E-state index contributed by atoms with van der Waals surface area (Å²) in [6.45, 7) is 11.6. The van der Waals surface area contributed by atoms with E-state index < -0.39 is 11.6 Å². The lowest BCUT2D eigenvalue weighted by Crippen LogP contribution is -2.69. The molecule has 0 amide bonds. The number of rotatable bonds is 1. The molecular formula is C27H45NO3. The summed E-state index contributed by atoms with van der Waals surface area (Å²) in [7, 11) is 0. The minimum Gasteiger partial charge on any atom is -0.393 e. The van der Waals surface area contributed by atoms with Crippen LogP contribution < -0.4 is 5.73 Å². The first kappa shape index (κ1) is 21.4. The maximum atomic E-state index is 11.9. The van der Waals surface area contributed by atoms with Crippen molar-refractivity contribution in [2.45, 2.75) is 116 Å². The first-order chi connectivity index (χ1) is 14.5. The first-order valence-corrected chi connectivity index (χ1v) is 13.4. The largest absolute Gasteiger partial charge is 0.393 e. The van der Waals surface area contributed by atoms with Crippen molar-refractivity contribution in [1.82, 2.24) is 0 Å². The summed E-state index contributed by atoms with van der Waals surface area (Å²) >= 11 is 0. The van der Waals surface area contributed by atoms with E-state index >= 15 is 0 Å². The van der Waals surface area contributed by atoms with E-state index in [9.17, 15) is 10.2 Å². The molecule has 31 heavy (non-hydrogen) atoms. The Morgan fingerprint density at radius 2 is 1.68 bits per heavy atom. The van der Waals surface area contributed by atoms with E-state index in [1.807, 2.05) is 0 Å². The molecule has 5 saturated carbocycles. The van der Waals surface area contributed by atoms with Crippen LogP contribution in [0.25, 0.3) is 0 Å². The topological polar surface area (TPSA) is 75.7 Å². The molecule has 4 nitrogen and oxygen atoms in total. The van der Waals surface area contributed by atoms with E-state index in [4.69, 9.17) is 10.5 Å². The van der Waals surface area contributed by atoms with E-state index in [1.165, 1.54) is 6.42 Å². The van der Waals surface area contributed by atoms with Gasteiger partial charge in [-0.2, -0.15) is 0 Å². The third-order valence-electron chi connectivity index (χ3n) is 12.6.